The fraction of sp³-hybridized carbons (Fsp3) is 0.318. The molecular weight excluding hydrogens is 408 g/mol. The second-order valence-electron chi connectivity index (χ2n) is 7.13. The molecule has 0 radical (unpaired) electrons. The number of halogens is 1. The third kappa shape index (κ3) is 5.54. The summed E-state index contributed by atoms with van der Waals surface area (Å²) in [7, 11) is 0. The van der Waals surface area contributed by atoms with Crippen molar-refractivity contribution in [3.05, 3.63) is 77.8 Å². The van der Waals surface area contributed by atoms with Crippen LogP contribution in [0.5, 0.6) is 5.75 Å². The molecule has 0 bridgehead atoms. The predicted octanol–water partition coefficient (Wildman–Crippen LogP) is 4.78. The van der Waals surface area contributed by atoms with Crippen LogP contribution in [-0.4, -0.2) is 38.9 Å². The van der Waals surface area contributed by atoms with Gasteiger partial charge in [0.15, 0.2) is 5.79 Å². The van der Waals surface area contributed by atoms with Gasteiger partial charge in [0.2, 0.25) is 0 Å². The molecule has 1 N–H and O–H groups in total. The Morgan fingerprint density at radius 1 is 1.17 bits per heavy atom. The number of aromatic hydroxyl groups is 1. The van der Waals surface area contributed by atoms with E-state index in [0.717, 1.165) is 28.5 Å². The molecule has 1 aromatic heterocycles. The van der Waals surface area contributed by atoms with Crippen LogP contribution in [0.1, 0.15) is 12.0 Å². The van der Waals surface area contributed by atoms with E-state index >= 15 is 0 Å². The van der Waals surface area contributed by atoms with E-state index in [1.165, 1.54) is 5.56 Å². The van der Waals surface area contributed by atoms with Gasteiger partial charge in [-0.1, -0.05) is 23.7 Å². The number of nitrogens with zero attached hydrogens (tertiary/aromatic N) is 2. The van der Waals surface area contributed by atoms with Gasteiger partial charge in [0.1, 0.15) is 5.75 Å². The molecule has 29 heavy (non-hydrogen) atoms. The molecule has 1 aliphatic heterocycles. The van der Waals surface area contributed by atoms with Crippen molar-refractivity contribution in [1.29, 1.82) is 0 Å². The summed E-state index contributed by atoms with van der Waals surface area (Å²) in [6.45, 7) is 1.15. The van der Waals surface area contributed by atoms with Crippen molar-refractivity contribution in [2.24, 2.45) is 0 Å². The second kappa shape index (κ2) is 9.22. The van der Waals surface area contributed by atoms with Gasteiger partial charge < -0.3 is 19.1 Å². The molecule has 1 fully saturated rings. The first kappa shape index (κ1) is 20.3. The maximum absolute atomic E-state index is 9.43. The van der Waals surface area contributed by atoms with Gasteiger partial charge in [-0.25, -0.2) is 4.98 Å². The van der Waals surface area contributed by atoms with Crippen molar-refractivity contribution in [1.82, 2.24) is 9.55 Å². The number of benzene rings is 2. The number of hydrogen-bond donors (Lipinski definition) is 1. The minimum absolute atomic E-state index is 0.00235. The van der Waals surface area contributed by atoms with Crippen molar-refractivity contribution in [3.63, 3.8) is 0 Å². The molecule has 7 heteroatoms. The zero-order chi connectivity index (χ0) is 20.1. The molecule has 3 aromatic rings. The summed E-state index contributed by atoms with van der Waals surface area (Å²) in [5.74, 6) is 0.383. The smallest absolute Gasteiger partial charge is 0.187 e. The Morgan fingerprint density at radius 2 is 1.97 bits per heavy atom. The lowest BCUT2D eigenvalue weighted by Gasteiger charge is -2.28. The van der Waals surface area contributed by atoms with Crippen LogP contribution in [0.25, 0.3) is 0 Å². The van der Waals surface area contributed by atoms with Crippen LogP contribution in [0.3, 0.4) is 0 Å². The Labute approximate surface area is 179 Å². The van der Waals surface area contributed by atoms with Gasteiger partial charge in [0.25, 0.3) is 0 Å². The van der Waals surface area contributed by atoms with E-state index in [2.05, 4.69) is 4.98 Å². The highest BCUT2D eigenvalue weighted by atomic mass is 35.5. The number of ether oxygens (including phenoxy) is 2. The number of thioether (sulfide) groups is 1. The van der Waals surface area contributed by atoms with Gasteiger partial charge in [0.05, 0.1) is 25.6 Å². The minimum Gasteiger partial charge on any atom is -0.508 e. The van der Waals surface area contributed by atoms with Crippen molar-refractivity contribution >= 4 is 23.4 Å². The van der Waals surface area contributed by atoms with E-state index in [-0.39, 0.29) is 11.9 Å². The van der Waals surface area contributed by atoms with Gasteiger partial charge in [0, 0.05) is 34.5 Å². The molecule has 1 saturated heterocycles. The van der Waals surface area contributed by atoms with Gasteiger partial charge in [-0.05, 0) is 48.4 Å². The number of phenols is 1. The molecule has 5 nitrogen and oxygen atoms in total. The van der Waals surface area contributed by atoms with Crippen molar-refractivity contribution in [3.8, 4) is 5.75 Å². The molecule has 4 rings (SSSR count). The Kier molecular flexibility index (Phi) is 6.45. The van der Waals surface area contributed by atoms with E-state index in [1.807, 2.05) is 47.2 Å². The number of aromatic nitrogens is 2. The van der Waals surface area contributed by atoms with Gasteiger partial charge in [-0.2, -0.15) is 0 Å². The second-order valence-corrected chi connectivity index (χ2v) is 8.66. The zero-order valence-electron chi connectivity index (χ0n) is 15.9. The average molecular weight is 431 g/mol. The summed E-state index contributed by atoms with van der Waals surface area (Å²) in [5, 5.41) is 10.2. The van der Waals surface area contributed by atoms with E-state index in [0.29, 0.717) is 13.2 Å². The van der Waals surface area contributed by atoms with E-state index in [9.17, 15) is 5.11 Å². The number of aryl methyl sites for hydroxylation is 1. The van der Waals surface area contributed by atoms with Crippen molar-refractivity contribution < 1.29 is 14.6 Å². The molecule has 1 aliphatic rings. The summed E-state index contributed by atoms with van der Waals surface area (Å²) in [6, 6.07) is 15.1. The molecule has 2 atom stereocenters. The molecule has 2 heterocycles. The Morgan fingerprint density at radius 3 is 2.69 bits per heavy atom. The third-order valence-electron chi connectivity index (χ3n) is 4.88. The summed E-state index contributed by atoms with van der Waals surface area (Å²) in [5.41, 5.74) is 1.20. The quantitative estimate of drug-likeness (QED) is 0.521. The highest BCUT2D eigenvalue weighted by Crippen LogP contribution is 2.33. The number of phenolic OH excluding ortho intramolecular Hbond substituents is 1. The molecule has 2 unspecified atom stereocenters. The van der Waals surface area contributed by atoms with Crippen molar-refractivity contribution in [2.75, 3.05) is 12.4 Å². The highest BCUT2D eigenvalue weighted by Gasteiger charge is 2.41. The van der Waals surface area contributed by atoms with Crippen LogP contribution >= 0.6 is 23.4 Å². The van der Waals surface area contributed by atoms with Crippen LogP contribution in [-0.2, 0) is 22.4 Å². The van der Waals surface area contributed by atoms with Gasteiger partial charge in [-0.3, -0.25) is 0 Å². The lowest BCUT2D eigenvalue weighted by molar-refractivity contribution is -0.180. The van der Waals surface area contributed by atoms with Crippen LogP contribution in [0.4, 0.5) is 0 Å². The molecule has 152 valence electrons. The largest absolute Gasteiger partial charge is 0.508 e. The van der Waals surface area contributed by atoms with Crippen LogP contribution in [0.15, 0.2) is 72.1 Å². The van der Waals surface area contributed by atoms with E-state index < -0.39 is 5.79 Å². The Bertz CT molecular complexity index is 903. The van der Waals surface area contributed by atoms with Crippen LogP contribution in [0.2, 0.25) is 5.02 Å². The molecule has 0 amide bonds. The van der Waals surface area contributed by atoms with E-state index in [4.69, 9.17) is 21.1 Å². The highest BCUT2D eigenvalue weighted by molar-refractivity contribution is 7.99. The zero-order valence-corrected chi connectivity index (χ0v) is 17.5. The molecule has 0 saturated carbocycles. The SMILES string of the molecule is Oc1ccc(SCC2COC(CCc3ccc(Cl)cc3)(Cn3ccnc3)O2)cc1. The number of rotatable bonds is 8. The standard InChI is InChI=1S/C22H23ClN2O3S/c23-18-3-1-17(2-4-18)9-10-22(15-25-12-11-24-16-25)27-13-20(28-22)14-29-21-7-5-19(26)6-8-21/h1-8,11-12,16,20,26H,9-10,13-15H2. The monoisotopic (exact) mass is 430 g/mol. The van der Waals surface area contributed by atoms with Gasteiger partial charge in [-0.15, -0.1) is 11.8 Å². The first-order chi connectivity index (χ1) is 14.1. The summed E-state index contributed by atoms with van der Waals surface area (Å²) < 4.78 is 14.7. The first-order valence-corrected chi connectivity index (χ1v) is 10.9. The van der Waals surface area contributed by atoms with Crippen LogP contribution < -0.4 is 0 Å². The minimum atomic E-state index is -0.680. The maximum Gasteiger partial charge on any atom is 0.187 e. The predicted molar refractivity (Wildman–Crippen MR) is 114 cm³/mol. The molecular formula is C22H23ClN2O3S. The van der Waals surface area contributed by atoms with E-state index in [1.54, 1.807) is 36.4 Å². The number of hydrogen-bond acceptors (Lipinski definition) is 5. The fourth-order valence-electron chi connectivity index (χ4n) is 3.37. The summed E-state index contributed by atoms with van der Waals surface area (Å²) in [6.07, 6.45) is 7.06. The van der Waals surface area contributed by atoms with Crippen LogP contribution in [0, 0.1) is 0 Å². The Hall–Kier alpha value is -1.99. The maximum atomic E-state index is 9.43. The molecule has 2 aromatic carbocycles. The fourth-order valence-corrected chi connectivity index (χ4v) is 4.36. The van der Waals surface area contributed by atoms with Gasteiger partial charge >= 0.3 is 0 Å². The lowest BCUT2D eigenvalue weighted by atomic mass is 10.0. The molecule has 0 aliphatic carbocycles. The number of imidazole rings is 1. The van der Waals surface area contributed by atoms with Crippen molar-refractivity contribution in [2.45, 2.75) is 36.2 Å². The average Bonchev–Trinajstić information content (AvgIpc) is 3.38. The lowest BCUT2D eigenvalue weighted by Crippen LogP contribution is -2.37. The molecule has 0 spiro atoms. The third-order valence-corrected chi connectivity index (χ3v) is 6.27. The summed E-state index contributed by atoms with van der Waals surface area (Å²) in [4.78, 5) is 5.24. The normalized spacial score (nSPS) is 21.5. The first-order valence-electron chi connectivity index (χ1n) is 9.54. The summed E-state index contributed by atoms with van der Waals surface area (Å²) >= 11 is 7.70. The Balaban J connectivity index is 1.40. The topological polar surface area (TPSA) is 56.5 Å².